The van der Waals surface area contributed by atoms with Crippen molar-refractivity contribution in [2.45, 2.75) is 18.9 Å². The van der Waals surface area contributed by atoms with Gasteiger partial charge in [-0.25, -0.2) is 4.98 Å². The predicted molar refractivity (Wildman–Crippen MR) is 92.8 cm³/mol. The summed E-state index contributed by atoms with van der Waals surface area (Å²) in [7, 11) is 0. The van der Waals surface area contributed by atoms with Crippen molar-refractivity contribution in [1.29, 1.82) is 5.26 Å². The third kappa shape index (κ3) is 4.27. The van der Waals surface area contributed by atoms with Crippen molar-refractivity contribution in [3.05, 3.63) is 52.7 Å². The van der Waals surface area contributed by atoms with Crippen molar-refractivity contribution in [3.8, 4) is 11.9 Å². The van der Waals surface area contributed by atoms with Crippen LogP contribution >= 0.6 is 11.6 Å². The van der Waals surface area contributed by atoms with Crippen LogP contribution in [-0.4, -0.2) is 30.2 Å². The minimum absolute atomic E-state index is 0.0148. The van der Waals surface area contributed by atoms with Crippen LogP contribution in [0.3, 0.4) is 0 Å². The second-order valence-electron chi connectivity index (χ2n) is 5.55. The highest BCUT2D eigenvalue weighted by Gasteiger charge is 2.18. The molecule has 128 valence electrons. The molecule has 2 heterocycles. The van der Waals surface area contributed by atoms with Crippen molar-refractivity contribution in [3.63, 3.8) is 0 Å². The third-order valence-corrected chi connectivity index (χ3v) is 4.08. The fourth-order valence-electron chi connectivity index (χ4n) is 2.47. The van der Waals surface area contributed by atoms with Crippen LogP contribution < -0.4 is 10.1 Å². The molecule has 3 rings (SSSR count). The lowest BCUT2D eigenvalue weighted by atomic mass is 10.1. The number of benzene rings is 1. The number of carbonyl (C=O) groups excluding carboxylic acids is 1. The van der Waals surface area contributed by atoms with Crippen molar-refractivity contribution in [2.75, 3.05) is 18.5 Å². The molecule has 1 saturated heterocycles. The molecule has 0 unspecified atom stereocenters. The molecule has 6 nitrogen and oxygen atoms in total. The maximum atomic E-state index is 12.4. The number of para-hydroxylation sites is 1. The zero-order valence-corrected chi connectivity index (χ0v) is 14.1. The summed E-state index contributed by atoms with van der Waals surface area (Å²) >= 11 is 6.20. The molecule has 2 aromatic rings. The summed E-state index contributed by atoms with van der Waals surface area (Å²) in [5.74, 6) is -0.0859. The number of nitriles is 1. The molecule has 0 radical (unpaired) electrons. The Morgan fingerprint density at radius 3 is 2.84 bits per heavy atom. The number of nitrogens with zero attached hydrogens (tertiary/aromatic N) is 2. The molecule has 7 heteroatoms. The summed E-state index contributed by atoms with van der Waals surface area (Å²) in [6.07, 6.45) is 2.99. The molecule has 0 spiro atoms. The Balaban J connectivity index is 1.71. The van der Waals surface area contributed by atoms with Crippen molar-refractivity contribution >= 4 is 23.2 Å². The van der Waals surface area contributed by atoms with Gasteiger partial charge in [-0.2, -0.15) is 5.26 Å². The minimum Gasteiger partial charge on any atom is -0.473 e. The molecule has 0 atom stereocenters. The number of ether oxygens (including phenoxy) is 2. The predicted octanol–water partition coefficient (Wildman–Crippen LogP) is 3.42. The van der Waals surface area contributed by atoms with Crippen LogP contribution in [0.1, 0.15) is 28.8 Å². The summed E-state index contributed by atoms with van der Waals surface area (Å²) in [6.45, 7) is 1.31. The van der Waals surface area contributed by atoms with E-state index in [-0.39, 0.29) is 16.7 Å². The van der Waals surface area contributed by atoms with E-state index in [1.54, 1.807) is 24.3 Å². The molecular formula is C18H16ClN3O3. The van der Waals surface area contributed by atoms with E-state index >= 15 is 0 Å². The molecule has 1 amide bonds. The minimum atomic E-state index is -0.394. The molecule has 1 aliphatic rings. The van der Waals surface area contributed by atoms with Crippen LogP contribution in [-0.2, 0) is 4.74 Å². The SMILES string of the molecule is N#Cc1ccccc1NC(=O)c1cnc(OC2CCOCC2)c(Cl)c1. The Morgan fingerprint density at radius 1 is 1.36 bits per heavy atom. The van der Waals surface area contributed by atoms with Gasteiger partial charge in [0.2, 0.25) is 5.88 Å². The Hall–Kier alpha value is -2.62. The van der Waals surface area contributed by atoms with Gasteiger partial charge in [0.1, 0.15) is 17.2 Å². The van der Waals surface area contributed by atoms with E-state index in [1.807, 2.05) is 6.07 Å². The van der Waals surface area contributed by atoms with E-state index in [1.165, 1.54) is 12.3 Å². The van der Waals surface area contributed by atoms with Crippen molar-refractivity contribution in [2.24, 2.45) is 0 Å². The Bertz CT molecular complexity index is 813. The highest BCUT2D eigenvalue weighted by atomic mass is 35.5. The van der Waals surface area contributed by atoms with Gasteiger partial charge in [-0.3, -0.25) is 4.79 Å². The maximum Gasteiger partial charge on any atom is 0.257 e. The van der Waals surface area contributed by atoms with E-state index in [2.05, 4.69) is 10.3 Å². The lowest BCUT2D eigenvalue weighted by Crippen LogP contribution is -2.26. The van der Waals surface area contributed by atoms with Crippen LogP contribution in [0.15, 0.2) is 36.5 Å². The van der Waals surface area contributed by atoms with Crippen LogP contribution in [0.5, 0.6) is 5.88 Å². The third-order valence-electron chi connectivity index (χ3n) is 3.81. The van der Waals surface area contributed by atoms with Gasteiger partial charge in [0.05, 0.1) is 30.0 Å². The van der Waals surface area contributed by atoms with E-state index in [4.69, 9.17) is 26.3 Å². The van der Waals surface area contributed by atoms with E-state index in [0.29, 0.717) is 30.3 Å². The number of hydrogen-bond donors (Lipinski definition) is 1. The van der Waals surface area contributed by atoms with Gasteiger partial charge in [0.25, 0.3) is 5.91 Å². The number of rotatable bonds is 4. The average Bonchev–Trinajstić information content (AvgIpc) is 2.64. The monoisotopic (exact) mass is 357 g/mol. The molecule has 1 N–H and O–H groups in total. The van der Waals surface area contributed by atoms with E-state index in [9.17, 15) is 4.79 Å². The fourth-order valence-corrected chi connectivity index (χ4v) is 2.68. The first-order chi connectivity index (χ1) is 12.2. The molecule has 0 bridgehead atoms. The number of aromatic nitrogens is 1. The molecular weight excluding hydrogens is 342 g/mol. The summed E-state index contributed by atoms with van der Waals surface area (Å²) in [6, 6.07) is 10.3. The molecule has 1 fully saturated rings. The lowest BCUT2D eigenvalue weighted by Gasteiger charge is -2.23. The Kier molecular flexibility index (Phi) is 5.49. The fraction of sp³-hybridized carbons (Fsp3) is 0.278. The second-order valence-corrected chi connectivity index (χ2v) is 5.96. The van der Waals surface area contributed by atoms with E-state index < -0.39 is 5.91 Å². The van der Waals surface area contributed by atoms with Crippen LogP contribution in [0.2, 0.25) is 5.02 Å². The molecule has 25 heavy (non-hydrogen) atoms. The van der Waals surface area contributed by atoms with Gasteiger partial charge < -0.3 is 14.8 Å². The number of nitrogens with one attached hydrogen (secondary N) is 1. The molecule has 0 aliphatic carbocycles. The molecule has 1 aliphatic heterocycles. The first-order valence-electron chi connectivity index (χ1n) is 7.88. The highest BCUT2D eigenvalue weighted by Crippen LogP contribution is 2.26. The highest BCUT2D eigenvalue weighted by molar-refractivity contribution is 6.32. The number of halogens is 1. The topological polar surface area (TPSA) is 84.2 Å². The van der Waals surface area contributed by atoms with Crippen LogP contribution in [0.25, 0.3) is 0 Å². The standard InChI is InChI=1S/C18H16ClN3O3/c19-15-9-13(11-21-18(15)25-14-5-7-24-8-6-14)17(23)22-16-4-2-1-3-12(16)10-20/h1-4,9,11,14H,5-8H2,(H,22,23). The van der Waals surface area contributed by atoms with Gasteiger partial charge in [0.15, 0.2) is 0 Å². The number of pyridine rings is 1. The first-order valence-corrected chi connectivity index (χ1v) is 8.25. The summed E-state index contributed by atoms with van der Waals surface area (Å²) in [5, 5.41) is 12.0. The smallest absolute Gasteiger partial charge is 0.257 e. The van der Waals surface area contributed by atoms with Gasteiger partial charge in [-0.05, 0) is 18.2 Å². The normalized spacial score (nSPS) is 14.6. The molecule has 1 aromatic carbocycles. The summed E-state index contributed by atoms with van der Waals surface area (Å²) < 4.78 is 11.1. The Morgan fingerprint density at radius 2 is 2.12 bits per heavy atom. The number of carbonyl (C=O) groups is 1. The number of amides is 1. The Labute approximate surface area is 150 Å². The molecule has 0 saturated carbocycles. The number of anilines is 1. The zero-order valence-electron chi connectivity index (χ0n) is 13.4. The quantitative estimate of drug-likeness (QED) is 0.906. The first kappa shape index (κ1) is 17.2. The van der Waals surface area contributed by atoms with Gasteiger partial charge >= 0.3 is 0 Å². The number of hydrogen-bond acceptors (Lipinski definition) is 5. The van der Waals surface area contributed by atoms with Gasteiger partial charge in [-0.15, -0.1) is 0 Å². The molecule has 1 aromatic heterocycles. The van der Waals surface area contributed by atoms with Crippen LogP contribution in [0, 0.1) is 11.3 Å². The average molecular weight is 358 g/mol. The maximum absolute atomic E-state index is 12.4. The van der Waals surface area contributed by atoms with Crippen LogP contribution in [0.4, 0.5) is 5.69 Å². The summed E-state index contributed by atoms with van der Waals surface area (Å²) in [5.41, 5.74) is 1.11. The van der Waals surface area contributed by atoms with Gasteiger partial charge in [-0.1, -0.05) is 23.7 Å². The lowest BCUT2D eigenvalue weighted by molar-refractivity contribution is 0.0238. The van der Waals surface area contributed by atoms with Crippen molar-refractivity contribution < 1.29 is 14.3 Å². The summed E-state index contributed by atoms with van der Waals surface area (Å²) in [4.78, 5) is 16.5. The largest absolute Gasteiger partial charge is 0.473 e. The second kappa shape index (κ2) is 7.97. The van der Waals surface area contributed by atoms with E-state index in [0.717, 1.165) is 12.8 Å². The van der Waals surface area contributed by atoms with Gasteiger partial charge in [0, 0.05) is 19.0 Å². The van der Waals surface area contributed by atoms with Crippen molar-refractivity contribution in [1.82, 2.24) is 4.98 Å². The zero-order chi connectivity index (χ0) is 17.6.